The van der Waals surface area contributed by atoms with Crippen LogP contribution in [0.25, 0.3) is 0 Å². The summed E-state index contributed by atoms with van der Waals surface area (Å²) in [5.74, 6) is -0.186. The number of Topliss-reactive ketones (excluding diaryl/α,β-unsaturated/α-hetero) is 1. The van der Waals surface area contributed by atoms with Gasteiger partial charge in [-0.3, -0.25) is 14.4 Å². The van der Waals surface area contributed by atoms with Gasteiger partial charge in [0.15, 0.2) is 5.78 Å². The molecule has 0 spiro atoms. The molecule has 0 aromatic heterocycles. The van der Waals surface area contributed by atoms with Crippen molar-refractivity contribution >= 4 is 23.3 Å². The zero-order valence-electron chi connectivity index (χ0n) is 14.6. The van der Waals surface area contributed by atoms with E-state index in [1.807, 2.05) is 13.8 Å². The number of hydrogen-bond donors (Lipinski definition) is 2. The van der Waals surface area contributed by atoms with Crippen molar-refractivity contribution in [2.24, 2.45) is 5.92 Å². The average Bonchev–Trinajstić information content (AvgIpc) is 2.60. The van der Waals surface area contributed by atoms with E-state index >= 15 is 0 Å². The summed E-state index contributed by atoms with van der Waals surface area (Å²) in [5.41, 5.74) is 2.01. The van der Waals surface area contributed by atoms with Crippen LogP contribution in [0.15, 0.2) is 48.5 Å². The van der Waals surface area contributed by atoms with Crippen LogP contribution in [0.5, 0.6) is 0 Å². The maximum Gasteiger partial charge on any atom is 0.255 e. The maximum atomic E-state index is 12.4. The molecular weight excluding hydrogens is 316 g/mol. The van der Waals surface area contributed by atoms with Crippen LogP contribution >= 0.6 is 0 Å². The van der Waals surface area contributed by atoms with E-state index < -0.39 is 0 Å². The fourth-order valence-electron chi connectivity index (χ4n) is 2.19. The Morgan fingerprint density at radius 3 is 2.04 bits per heavy atom. The van der Waals surface area contributed by atoms with Gasteiger partial charge in [0.25, 0.3) is 11.8 Å². The lowest BCUT2D eigenvalue weighted by atomic mass is 10.1. The summed E-state index contributed by atoms with van der Waals surface area (Å²) in [6.45, 7) is 6.10. The van der Waals surface area contributed by atoms with Crippen molar-refractivity contribution in [2.75, 3.05) is 11.9 Å². The van der Waals surface area contributed by atoms with E-state index in [1.165, 1.54) is 6.92 Å². The van der Waals surface area contributed by atoms with Gasteiger partial charge in [0.1, 0.15) is 0 Å². The molecule has 2 aromatic carbocycles. The van der Waals surface area contributed by atoms with Gasteiger partial charge >= 0.3 is 0 Å². The van der Waals surface area contributed by atoms with Crippen LogP contribution in [-0.2, 0) is 0 Å². The Morgan fingerprint density at radius 1 is 0.880 bits per heavy atom. The highest BCUT2D eigenvalue weighted by Crippen LogP contribution is 2.13. The number of anilines is 1. The van der Waals surface area contributed by atoms with Crippen LogP contribution in [-0.4, -0.2) is 24.1 Å². The van der Waals surface area contributed by atoms with Gasteiger partial charge in [-0.15, -0.1) is 0 Å². The maximum absolute atomic E-state index is 12.4. The van der Waals surface area contributed by atoms with Gasteiger partial charge in [0.2, 0.25) is 0 Å². The third kappa shape index (κ3) is 5.28. The quantitative estimate of drug-likeness (QED) is 0.791. The number of hydrogen-bond acceptors (Lipinski definition) is 3. The van der Waals surface area contributed by atoms with Gasteiger partial charge in [0, 0.05) is 28.9 Å². The topological polar surface area (TPSA) is 75.3 Å². The molecule has 2 rings (SSSR count). The van der Waals surface area contributed by atoms with E-state index in [0.717, 1.165) is 0 Å². The fourth-order valence-corrected chi connectivity index (χ4v) is 2.19. The molecule has 2 amide bonds. The molecule has 0 aliphatic heterocycles. The molecule has 0 heterocycles. The van der Waals surface area contributed by atoms with Gasteiger partial charge in [-0.05, 0) is 55.3 Å². The molecule has 2 N–H and O–H groups in total. The lowest BCUT2D eigenvalue weighted by Gasteiger charge is -2.09. The van der Waals surface area contributed by atoms with Crippen molar-refractivity contribution in [1.29, 1.82) is 0 Å². The minimum atomic E-state index is -0.311. The fraction of sp³-hybridized carbons (Fsp3) is 0.250. The molecule has 0 atom stereocenters. The van der Waals surface area contributed by atoms with Crippen LogP contribution < -0.4 is 10.6 Å². The predicted molar refractivity (Wildman–Crippen MR) is 98.0 cm³/mol. The zero-order valence-corrected chi connectivity index (χ0v) is 14.6. The molecule has 5 nitrogen and oxygen atoms in total. The first-order valence-corrected chi connectivity index (χ1v) is 8.17. The number of carbonyl (C=O) groups excluding carboxylic acids is 3. The monoisotopic (exact) mass is 338 g/mol. The van der Waals surface area contributed by atoms with Gasteiger partial charge in [0.05, 0.1) is 0 Å². The van der Waals surface area contributed by atoms with Gasteiger partial charge in [-0.25, -0.2) is 0 Å². The Labute approximate surface area is 147 Å². The Hall–Kier alpha value is -2.95. The molecule has 0 aliphatic rings. The number of ketones is 1. The van der Waals surface area contributed by atoms with Crippen molar-refractivity contribution < 1.29 is 14.4 Å². The Bertz CT molecular complexity index is 780. The predicted octanol–water partition coefficient (Wildman–Crippen LogP) is 3.53. The second kappa shape index (κ2) is 8.24. The van der Waals surface area contributed by atoms with Crippen LogP contribution in [0.3, 0.4) is 0 Å². The molecule has 25 heavy (non-hydrogen) atoms. The molecule has 0 unspecified atom stereocenters. The van der Waals surface area contributed by atoms with Crippen molar-refractivity contribution in [2.45, 2.75) is 20.8 Å². The van der Waals surface area contributed by atoms with E-state index in [0.29, 0.717) is 34.8 Å². The molecule has 0 saturated heterocycles. The van der Waals surface area contributed by atoms with Gasteiger partial charge in [-0.1, -0.05) is 19.9 Å². The summed E-state index contributed by atoms with van der Waals surface area (Å²) in [4.78, 5) is 35.7. The summed E-state index contributed by atoms with van der Waals surface area (Å²) >= 11 is 0. The summed E-state index contributed by atoms with van der Waals surface area (Å²) < 4.78 is 0. The van der Waals surface area contributed by atoms with E-state index in [1.54, 1.807) is 48.5 Å². The van der Waals surface area contributed by atoms with Crippen molar-refractivity contribution in [3.63, 3.8) is 0 Å². The molecule has 0 radical (unpaired) electrons. The van der Waals surface area contributed by atoms with Crippen LogP contribution in [0.2, 0.25) is 0 Å². The Balaban J connectivity index is 2.07. The zero-order chi connectivity index (χ0) is 18.4. The number of nitrogens with one attached hydrogen (secondary N) is 2. The highest BCUT2D eigenvalue weighted by Gasteiger charge is 2.11. The number of benzene rings is 2. The third-order valence-electron chi connectivity index (χ3n) is 3.61. The van der Waals surface area contributed by atoms with E-state index in [9.17, 15) is 14.4 Å². The Morgan fingerprint density at radius 2 is 1.48 bits per heavy atom. The minimum absolute atomic E-state index is 0.0296. The summed E-state index contributed by atoms with van der Waals surface area (Å²) in [7, 11) is 0. The molecule has 130 valence electrons. The third-order valence-corrected chi connectivity index (χ3v) is 3.61. The molecular formula is C20H22N2O3. The van der Waals surface area contributed by atoms with Crippen molar-refractivity contribution in [3.05, 3.63) is 65.2 Å². The highest BCUT2D eigenvalue weighted by atomic mass is 16.2. The smallest absolute Gasteiger partial charge is 0.255 e. The standard InChI is InChI=1S/C20H22N2O3/c1-13(2)12-21-19(24)16-5-4-6-17(11-16)20(25)22-18-9-7-15(8-10-18)14(3)23/h4-11,13H,12H2,1-3H3,(H,21,24)(H,22,25). The SMILES string of the molecule is CC(=O)c1ccc(NC(=O)c2cccc(C(=O)NCC(C)C)c2)cc1. The molecule has 0 bridgehead atoms. The minimum Gasteiger partial charge on any atom is -0.352 e. The van der Waals surface area contributed by atoms with Crippen LogP contribution in [0.4, 0.5) is 5.69 Å². The summed E-state index contributed by atoms with van der Waals surface area (Å²) in [6, 6.07) is 13.2. The summed E-state index contributed by atoms with van der Waals surface area (Å²) in [6.07, 6.45) is 0. The highest BCUT2D eigenvalue weighted by molar-refractivity contribution is 6.06. The van der Waals surface area contributed by atoms with Crippen molar-refractivity contribution in [1.82, 2.24) is 5.32 Å². The van der Waals surface area contributed by atoms with Gasteiger partial charge < -0.3 is 10.6 Å². The largest absolute Gasteiger partial charge is 0.352 e. The number of carbonyl (C=O) groups is 3. The van der Waals surface area contributed by atoms with Crippen LogP contribution in [0.1, 0.15) is 51.8 Å². The van der Waals surface area contributed by atoms with Gasteiger partial charge in [-0.2, -0.15) is 0 Å². The van der Waals surface area contributed by atoms with Crippen molar-refractivity contribution in [3.8, 4) is 0 Å². The van der Waals surface area contributed by atoms with E-state index in [4.69, 9.17) is 0 Å². The molecule has 2 aromatic rings. The number of rotatable bonds is 6. The average molecular weight is 338 g/mol. The molecule has 0 fully saturated rings. The second-order valence-electron chi connectivity index (χ2n) is 6.27. The van der Waals surface area contributed by atoms with Crippen LogP contribution in [0, 0.1) is 5.92 Å². The molecule has 0 aliphatic carbocycles. The first-order chi connectivity index (χ1) is 11.9. The second-order valence-corrected chi connectivity index (χ2v) is 6.27. The lowest BCUT2D eigenvalue weighted by Crippen LogP contribution is -2.27. The molecule has 0 saturated carbocycles. The lowest BCUT2D eigenvalue weighted by molar-refractivity contribution is 0.0948. The Kier molecular flexibility index (Phi) is 6.06. The number of amides is 2. The molecule has 5 heteroatoms. The first kappa shape index (κ1) is 18.4. The van der Waals surface area contributed by atoms with E-state index in [2.05, 4.69) is 10.6 Å². The van der Waals surface area contributed by atoms with E-state index in [-0.39, 0.29) is 17.6 Å². The summed E-state index contributed by atoms with van der Waals surface area (Å²) in [5, 5.41) is 5.59. The first-order valence-electron chi connectivity index (χ1n) is 8.17. The normalized spacial score (nSPS) is 10.4.